The molecule has 1 aliphatic rings. The van der Waals surface area contributed by atoms with Crippen LogP contribution in [0.25, 0.3) is 0 Å². The molecule has 0 amide bonds. The summed E-state index contributed by atoms with van der Waals surface area (Å²) < 4.78 is 5.59. The minimum atomic E-state index is 0.223. The van der Waals surface area contributed by atoms with E-state index in [1.54, 1.807) is 0 Å². The second-order valence-electron chi connectivity index (χ2n) is 3.64. The monoisotopic (exact) mass is 207 g/mol. The molecular weight excluding hydrogens is 190 g/mol. The Hall–Kier alpha value is -1.51. The molecule has 0 aromatic heterocycles. The molecule has 0 saturated carbocycles. The first-order valence-electron chi connectivity index (χ1n) is 5.02. The molecule has 0 aromatic carbocycles. The third-order valence-electron chi connectivity index (χ3n) is 2.03. The Morgan fingerprint density at radius 2 is 2.13 bits per heavy atom. The van der Waals surface area contributed by atoms with E-state index >= 15 is 0 Å². The molecule has 82 valence electrons. The SMILES string of the molecule is C=NOC(=C)C1=CC=C(OC(C)C)CC1. The van der Waals surface area contributed by atoms with E-state index in [1.807, 2.05) is 26.0 Å². The van der Waals surface area contributed by atoms with Gasteiger partial charge in [0.2, 0.25) is 0 Å². The summed E-state index contributed by atoms with van der Waals surface area (Å²) in [7, 11) is 0. The largest absolute Gasteiger partial charge is 0.495 e. The van der Waals surface area contributed by atoms with E-state index in [0.29, 0.717) is 5.76 Å². The van der Waals surface area contributed by atoms with Crippen molar-refractivity contribution in [2.45, 2.75) is 32.8 Å². The number of allylic oxidation sites excluding steroid dienone is 4. The van der Waals surface area contributed by atoms with Crippen molar-refractivity contribution in [1.29, 1.82) is 0 Å². The normalized spacial score (nSPS) is 15.4. The molecule has 0 radical (unpaired) electrons. The Bertz CT molecular complexity index is 314. The number of hydrogen-bond donors (Lipinski definition) is 0. The van der Waals surface area contributed by atoms with E-state index < -0.39 is 0 Å². The molecule has 0 N–H and O–H groups in total. The third kappa shape index (κ3) is 3.62. The van der Waals surface area contributed by atoms with Crippen molar-refractivity contribution in [3.05, 3.63) is 35.8 Å². The lowest BCUT2D eigenvalue weighted by Gasteiger charge is -2.17. The molecule has 0 aliphatic heterocycles. The van der Waals surface area contributed by atoms with Gasteiger partial charge >= 0.3 is 0 Å². The maximum Gasteiger partial charge on any atom is 0.153 e. The van der Waals surface area contributed by atoms with Gasteiger partial charge in [0.1, 0.15) is 0 Å². The lowest BCUT2D eigenvalue weighted by Crippen LogP contribution is -2.05. The smallest absolute Gasteiger partial charge is 0.153 e. The van der Waals surface area contributed by atoms with Gasteiger partial charge in [-0.3, -0.25) is 0 Å². The zero-order chi connectivity index (χ0) is 11.3. The molecule has 0 saturated heterocycles. The summed E-state index contributed by atoms with van der Waals surface area (Å²) in [6.45, 7) is 11.0. The minimum Gasteiger partial charge on any atom is -0.495 e. The predicted molar refractivity (Wildman–Crippen MR) is 61.4 cm³/mol. The van der Waals surface area contributed by atoms with Gasteiger partial charge in [-0.15, -0.1) is 0 Å². The zero-order valence-electron chi connectivity index (χ0n) is 9.32. The van der Waals surface area contributed by atoms with Crippen LogP contribution in [0, 0.1) is 0 Å². The van der Waals surface area contributed by atoms with Crippen LogP contribution in [0.4, 0.5) is 0 Å². The van der Waals surface area contributed by atoms with Gasteiger partial charge in [-0.2, -0.15) is 0 Å². The summed E-state index contributed by atoms with van der Waals surface area (Å²) in [5.41, 5.74) is 1.04. The van der Waals surface area contributed by atoms with Crippen molar-refractivity contribution in [2.24, 2.45) is 5.16 Å². The number of rotatable bonds is 5. The van der Waals surface area contributed by atoms with E-state index in [9.17, 15) is 0 Å². The summed E-state index contributed by atoms with van der Waals surface area (Å²) in [4.78, 5) is 4.88. The molecule has 0 heterocycles. The second kappa shape index (κ2) is 5.39. The molecule has 0 spiro atoms. The van der Waals surface area contributed by atoms with Gasteiger partial charge in [-0.1, -0.05) is 17.8 Å². The highest BCUT2D eigenvalue weighted by Gasteiger charge is 2.11. The molecule has 3 heteroatoms. The fourth-order valence-electron chi connectivity index (χ4n) is 1.39. The number of hydrogen-bond acceptors (Lipinski definition) is 3. The van der Waals surface area contributed by atoms with Crippen LogP contribution in [-0.2, 0) is 9.57 Å². The van der Waals surface area contributed by atoms with E-state index in [0.717, 1.165) is 24.2 Å². The summed E-state index contributed by atoms with van der Waals surface area (Å²) in [6.07, 6.45) is 5.88. The van der Waals surface area contributed by atoms with Crippen molar-refractivity contribution in [3.63, 3.8) is 0 Å². The Morgan fingerprint density at radius 3 is 2.60 bits per heavy atom. The quantitative estimate of drug-likeness (QED) is 0.394. The van der Waals surface area contributed by atoms with E-state index in [4.69, 9.17) is 9.57 Å². The molecular formula is C12H17NO2. The average Bonchev–Trinajstić information content (AvgIpc) is 2.18. The molecule has 15 heavy (non-hydrogen) atoms. The van der Waals surface area contributed by atoms with Gasteiger partial charge < -0.3 is 9.57 Å². The zero-order valence-corrected chi connectivity index (χ0v) is 9.32. The number of nitrogens with zero attached hydrogens (tertiary/aromatic N) is 1. The first-order valence-corrected chi connectivity index (χ1v) is 5.02. The standard InChI is InChI=1S/C12H17NO2/c1-9(2)14-12-7-5-11(6-8-12)10(3)15-13-4/h5,7,9H,3-4,6,8H2,1-2H3. The topological polar surface area (TPSA) is 30.8 Å². The molecule has 3 nitrogen and oxygen atoms in total. The van der Waals surface area contributed by atoms with Crippen LogP contribution >= 0.6 is 0 Å². The van der Waals surface area contributed by atoms with Crippen LogP contribution in [0.2, 0.25) is 0 Å². The van der Waals surface area contributed by atoms with Gasteiger partial charge in [0, 0.05) is 13.1 Å². The third-order valence-corrected chi connectivity index (χ3v) is 2.03. The second-order valence-corrected chi connectivity index (χ2v) is 3.64. The molecule has 0 unspecified atom stereocenters. The molecule has 0 bridgehead atoms. The summed E-state index contributed by atoms with van der Waals surface area (Å²) in [6, 6.07) is 0. The van der Waals surface area contributed by atoms with Crippen LogP contribution in [0.5, 0.6) is 0 Å². The summed E-state index contributed by atoms with van der Waals surface area (Å²) >= 11 is 0. The first-order chi connectivity index (χ1) is 7.13. The maximum absolute atomic E-state index is 5.59. The van der Waals surface area contributed by atoms with Gasteiger partial charge in [-0.25, -0.2) is 0 Å². The molecule has 1 rings (SSSR count). The number of ether oxygens (including phenoxy) is 1. The van der Waals surface area contributed by atoms with E-state index in [-0.39, 0.29) is 6.10 Å². The van der Waals surface area contributed by atoms with Gasteiger partial charge in [0.15, 0.2) is 5.76 Å². The molecule has 0 fully saturated rings. The highest BCUT2D eigenvalue weighted by Crippen LogP contribution is 2.25. The van der Waals surface area contributed by atoms with Crippen LogP contribution in [-0.4, -0.2) is 12.8 Å². The fourth-order valence-corrected chi connectivity index (χ4v) is 1.39. The number of oxime groups is 1. The Labute approximate surface area is 90.8 Å². The Balaban J connectivity index is 2.59. The van der Waals surface area contributed by atoms with Crippen molar-refractivity contribution in [3.8, 4) is 0 Å². The predicted octanol–water partition coefficient (Wildman–Crippen LogP) is 3.16. The van der Waals surface area contributed by atoms with Gasteiger partial charge in [0.05, 0.1) is 11.9 Å². The highest BCUT2D eigenvalue weighted by molar-refractivity contribution is 5.32. The summed E-state index contributed by atoms with van der Waals surface area (Å²) in [5.74, 6) is 1.57. The lowest BCUT2D eigenvalue weighted by atomic mass is 10.0. The first kappa shape index (κ1) is 11.6. The lowest BCUT2D eigenvalue weighted by molar-refractivity contribution is 0.138. The van der Waals surface area contributed by atoms with Crippen LogP contribution < -0.4 is 0 Å². The van der Waals surface area contributed by atoms with Crippen LogP contribution in [0.3, 0.4) is 0 Å². The maximum atomic E-state index is 5.59. The van der Waals surface area contributed by atoms with Gasteiger partial charge in [0.25, 0.3) is 0 Å². The highest BCUT2D eigenvalue weighted by atomic mass is 16.6. The summed E-state index contributed by atoms with van der Waals surface area (Å²) in [5, 5.41) is 3.34. The van der Waals surface area contributed by atoms with Crippen LogP contribution in [0.1, 0.15) is 26.7 Å². The van der Waals surface area contributed by atoms with Crippen molar-refractivity contribution in [2.75, 3.05) is 0 Å². The average molecular weight is 207 g/mol. The molecule has 0 atom stereocenters. The van der Waals surface area contributed by atoms with E-state index in [1.165, 1.54) is 0 Å². The van der Waals surface area contributed by atoms with Crippen molar-refractivity contribution in [1.82, 2.24) is 0 Å². The Morgan fingerprint density at radius 1 is 1.40 bits per heavy atom. The Kier molecular flexibility index (Phi) is 4.16. The van der Waals surface area contributed by atoms with Crippen molar-refractivity contribution >= 4 is 6.72 Å². The molecule has 0 aromatic rings. The van der Waals surface area contributed by atoms with Crippen molar-refractivity contribution < 1.29 is 9.57 Å². The minimum absolute atomic E-state index is 0.223. The molecule has 1 aliphatic carbocycles. The van der Waals surface area contributed by atoms with Gasteiger partial charge in [-0.05, 0) is 31.9 Å². The fraction of sp³-hybridized carbons (Fsp3) is 0.417. The van der Waals surface area contributed by atoms with Crippen LogP contribution in [0.15, 0.2) is 41.0 Å². The van der Waals surface area contributed by atoms with E-state index in [2.05, 4.69) is 18.5 Å².